The van der Waals surface area contributed by atoms with E-state index in [0.29, 0.717) is 6.61 Å². The summed E-state index contributed by atoms with van der Waals surface area (Å²) in [5.74, 6) is -0.300. The third-order valence-corrected chi connectivity index (χ3v) is 2.15. The van der Waals surface area contributed by atoms with E-state index in [4.69, 9.17) is 9.15 Å². The van der Waals surface area contributed by atoms with Gasteiger partial charge in [0.25, 0.3) is 0 Å². The summed E-state index contributed by atoms with van der Waals surface area (Å²) in [7, 11) is 0. The van der Waals surface area contributed by atoms with Crippen molar-refractivity contribution in [2.75, 3.05) is 0 Å². The third-order valence-electron chi connectivity index (χ3n) is 2.15. The van der Waals surface area contributed by atoms with Gasteiger partial charge in [0.2, 0.25) is 5.89 Å². The van der Waals surface area contributed by atoms with Gasteiger partial charge in [0, 0.05) is 0 Å². The first-order chi connectivity index (χ1) is 7.75. The van der Waals surface area contributed by atoms with Crippen LogP contribution in [0.3, 0.4) is 0 Å². The summed E-state index contributed by atoms with van der Waals surface area (Å²) >= 11 is 0. The van der Waals surface area contributed by atoms with Crippen molar-refractivity contribution in [3.05, 3.63) is 52.3 Å². The van der Waals surface area contributed by atoms with E-state index in [2.05, 4.69) is 10.2 Å². The van der Waals surface area contributed by atoms with Crippen molar-refractivity contribution in [1.29, 1.82) is 0 Å². The van der Waals surface area contributed by atoms with Crippen molar-refractivity contribution in [3.8, 4) is 0 Å². The molecule has 0 saturated carbocycles. The average Bonchev–Trinajstić information content (AvgIpc) is 2.74. The minimum atomic E-state index is -0.565. The van der Waals surface area contributed by atoms with Crippen LogP contribution in [-0.2, 0) is 11.3 Å². The summed E-state index contributed by atoms with van der Waals surface area (Å²) < 4.78 is 10.3. The molecule has 0 fully saturated rings. The Morgan fingerprint density at radius 1 is 1.44 bits per heavy atom. The van der Waals surface area contributed by atoms with Gasteiger partial charge in [-0.1, -0.05) is 30.3 Å². The largest absolute Gasteiger partial charge is 0.434 e. The van der Waals surface area contributed by atoms with Gasteiger partial charge in [-0.25, -0.2) is 9.89 Å². The summed E-state index contributed by atoms with van der Waals surface area (Å²) in [6.07, 6.45) is -0.348. The highest BCUT2D eigenvalue weighted by Gasteiger charge is 2.12. The predicted molar refractivity (Wildman–Crippen MR) is 56.8 cm³/mol. The summed E-state index contributed by atoms with van der Waals surface area (Å²) in [5, 5.41) is 5.89. The minimum Gasteiger partial charge on any atom is -0.390 e. The standard InChI is InChI=1S/C11H12N2O3/c1-8(10-12-13-11(14)16-10)15-7-9-5-3-2-4-6-9/h2-6,8H,7H2,1H3,(H,13,14)/t8-/m0/s1. The van der Waals surface area contributed by atoms with Crippen LogP contribution in [0.15, 0.2) is 39.5 Å². The Hall–Kier alpha value is -1.88. The zero-order chi connectivity index (χ0) is 11.4. The highest BCUT2D eigenvalue weighted by atomic mass is 16.5. The molecule has 1 atom stereocenters. The van der Waals surface area contributed by atoms with Crippen LogP contribution < -0.4 is 5.76 Å². The van der Waals surface area contributed by atoms with Crippen LogP contribution >= 0.6 is 0 Å². The van der Waals surface area contributed by atoms with Crippen molar-refractivity contribution >= 4 is 0 Å². The number of aromatic amines is 1. The van der Waals surface area contributed by atoms with Crippen LogP contribution in [0.5, 0.6) is 0 Å². The first-order valence-electron chi connectivity index (χ1n) is 4.96. The molecule has 1 aromatic carbocycles. The lowest BCUT2D eigenvalue weighted by Crippen LogP contribution is -2.01. The zero-order valence-electron chi connectivity index (χ0n) is 8.84. The first-order valence-corrected chi connectivity index (χ1v) is 4.96. The summed E-state index contributed by atoms with van der Waals surface area (Å²) in [6, 6.07) is 9.76. The van der Waals surface area contributed by atoms with Crippen molar-refractivity contribution in [2.24, 2.45) is 0 Å². The van der Waals surface area contributed by atoms with Gasteiger partial charge >= 0.3 is 5.76 Å². The second-order valence-corrected chi connectivity index (χ2v) is 3.39. The monoisotopic (exact) mass is 220 g/mol. The fraction of sp³-hybridized carbons (Fsp3) is 0.273. The molecule has 2 aromatic rings. The molecule has 0 spiro atoms. The van der Waals surface area contributed by atoms with Crippen LogP contribution in [-0.4, -0.2) is 10.2 Å². The maximum absolute atomic E-state index is 10.7. The molecule has 16 heavy (non-hydrogen) atoms. The van der Waals surface area contributed by atoms with Crippen LogP contribution in [0, 0.1) is 0 Å². The number of nitrogens with one attached hydrogen (secondary N) is 1. The molecule has 2 rings (SSSR count). The number of hydrogen-bond acceptors (Lipinski definition) is 4. The molecule has 1 N–H and O–H groups in total. The third kappa shape index (κ3) is 2.58. The molecule has 0 saturated heterocycles. The van der Waals surface area contributed by atoms with Crippen LogP contribution in [0.1, 0.15) is 24.5 Å². The molecule has 0 amide bonds. The van der Waals surface area contributed by atoms with E-state index in [1.807, 2.05) is 30.3 Å². The fourth-order valence-corrected chi connectivity index (χ4v) is 1.28. The van der Waals surface area contributed by atoms with Crippen molar-refractivity contribution < 1.29 is 9.15 Å². The maximum atomic E-state index is 10.7. The predicted octanol–water partition coefficient (Wildman–Crippen LogP) is 1.64. The number of rotatable bonds is 4. The highest BCUT2D eigenvalue weighted by molar-refractivity contribution is 5.13. The molecule has 0 aliphatic carbocycles. The second kappa shape index (κ2) is 4.76. The number of nitrogens with zero attached hydrogens (tertiary/aromatic N) is 1. The smallest absolute Gasteiger partial charge is 0.390 e. The quantitative estimate of drug-likeness (QED) is 0.850. The van der Waals surface area contributed by atoms with Gasteiger partial charge in [-0.05, 0) is 12.5 Å². The molecule has 0 aliphatic rings. The molecule has 5 nitrogen and oxygen atoms in total. The van der Waals surface area contributed by atoms with Crippen molar-refractivity contribution in [2.45, 2.75) is 19.6 Å². The van der Waals surface area contributed by atoms with E-state index < -0.39 is 5.76 Å². The molecule has 84 valence electrons. The number of H-pyrrole nitrogens is 1. The van der Waals surface area contributed by atoms with E-state index in [1.165, 1.54) is 0 Å². The van der Waals surface area contributed by atoms with Crippen LogP contribution in [0.25, 0.3) is 0 Å². The SMILES string of the molecule is C[C@H](OCc1ccccc1)c1n[nH]c(=O)o1. The van der Waals surface area contributed by atoms with E-state index in [1.54, 1.807) is 6.92 Å². The zero-order valence-corrected chi connectivity index (χ0v) is 8.84. The molecular weight excluding hydrogens is 208 g/mol. The van der Waals surface area contributed by atoms with Gasteiger partial charge in [-0.2, -0.15) is 0 Å². The number of ether oxygens (including phenoxy) is 1. The number of aromatic nitrogens is 2. The lowest BCUT2D eigenvalue weighted by Gasteiger charge is -2.08. The summed E-state index contributed by atoms with van der Waals surface area (Å²) in [6.45, 7) is 2.24. The van der Waals surface area contributed by atoms with Crippen molar-refractivity contribution in [3.63, 3.8) is 0 Å². The van der Waals surface area contributed by atoms with E-state index in [-0.39, 0.29) is 12.0 Å². The fourth-order valence-electron chi connectivity index (χ4n) is 1.28. The van der Waals surface area contributed by atoms with Gasteiger partial charge in [-0.3, -0.25) is 0 Å². The van der Waals surface area contributed by atoms with Crippen LogP contribution in [0.2, 0.25) is 0 Å². The summed E-state index contributed by atoms with van der Waals surface area (Å²) in [5.41, 5.74) is 1.06. The van der Waals surface area contributed by atoms with Gasteiger partial charge in [0.1, 0.15) is 6.10 Å². The Labute approximate surface area is 92.1 Å². The van der Waals surface area contributed by atoms with Gasteiger partial charge in [-0.15, -0.1) is 5.10 Å². The van der Waals surface area contributed by atoms with E-state index >= 15 is 0 Å². The lowest BCUT2D eigenvalue weighted by atomic mass is 10.2. The highest BCUT2D eigenvalue weighted by Crippen LogP contribution is 2.14. The Morgan fingerprint density at radius 2 is 2.19 bits per heavy atom. The number of hydrogen-bond donors (Lipinski definition) is 1. The topological polar surface area (TPSA) is 68.1 Å². The molecule has 1 heterocycles. The lowest BCUT2D eigenvalue weighted by molar-refractivity contribution is 0.0337. The molecular formula is C11H12N2O3. The molecule has 5 heteroatoms. The second-order valence-electron chi connectivity index (χ2n) is 3.39. The Balaban J connectivity index is 1.94. The average molecular weight is 220 g/mol. The molecule has 0 radical (unpaired) electrons. The van der Waals surface area contributed by atoms with Gasteiger partial charge in [0.05, 0.1) is 6.61 Å². The Morgan fingerprint density at radius 3 is 2.81 bits per heavy atom. The van der Waals surface area contributed by atoms with E-state index in [9.17, 15) is 4.79 Å². The van der Waals surface area contributed by atoms with E-state index in [0.717, 1.165) is 5.56 Å². The molecule has 0 bridgehead atoms. The minimum absolute atomic E-state index is 0.265. The van der Waals surface area contributed by atoms with Crippen LogP contribution in [0.4, 0.5) is 0 Å². The Kier molecular flexibility index (Phi) is 3.16. The number of benzene rings is 1. The van der Waals surface area contributed by atoms with Gasteiger partial charge < -0.3 is 9.15 Å². The Bertz CT molecular complexity index is 489. The summed E-state index contributed by atoms with van der Waals surface area (Å²) in [4.78, 5) is 10.7. The maximum Gasteiger partial charge on any atom is 0.434 e. The first kappa shape index (κ1) is 10.6. The molecule has 0 aliphatic heterocycles. The van der Waals surface area contributed by atoms with Gasteiger partial charge in [0.15, 0.2) is 0 Å². The normalized spacial score (nSPS) is 12.6. The molecule has 1 aromatic heterocycles. The van der Waals surface area contributed by atoms with Crippen molar-refractivity contribution in [1.82, 2.24) is 10.2 Å². The molecule has 0 unspecified atom stereocenters.